The molecule has 4 heteroatoms. The third-order valence-electron chi connectivity index (χ3n) is 0.0280. The van der Waals surface area contributed by atoms with E-state index in [1.807, 2.05) is 4.97 Å². The van der Waals surface area contributed by atoms with Crippen molar-refractivity contribution in [3.63, 3.8) is 0 Å². The Morgan fingerprint density at radius 2 is 2.00 bits per heavy atom. The summed E-state index contributed by atoms with van der Waals surface area (Å²) in [5.74, 6) is 0. The molecule has 1 nitrogen and oxygen atoms in total. The van der Waals surface area contributed by atoms with Crippen LogP contribution in [-0.4, -0.2) is 51.4 Å². The molecule has 5 heavy (non-hydrogen) atoms. The molecule has 0 fully saturated rings. The normalized spacial score (nSPS) is 4.80. The van der Waals surface area contributed by atoms with Crippen LogP contribution in [0, 0.1) is 10.2 Å². The predicted molar refractivity (Wildman–Crippen MR) is 12.8 cm³/mol. The number of hydrogen-bond donors (Lipinski definition) is 0. The van der Waals surface area contributed by atoms with E-state index in [2.05, 4.69) is 14.2 Å². The van der Waals surface area contributed by atoms with Crippen LogP contribution in [0.3, 0.4) is 0 Å². The van der Waals surface area contributed by atoms with E-state index in [1.165, 1.54) is 0 Å². The van der Waals surface area contributed by atoms with Gasteiger partial charge in [-0.3, -0.25) is 0 Å². The fraction of sp³-hybridized carbons (Fsp3) is 0. The maximum atomic E-state index is 7.56. The summed E-state index contributed by atoms with van der Waals surface area (Å²) in [5.41, 5.74) is 0. The van der Waals surface area contributed by atoms with Gasteiger partial charge in [0.05, 0.1) is 0 Å². The van der Waals surface area contributed by atoms with Crippen LogP contribution in [-0.2, 0) is 27.3 Å². The van der Waals surface area contributed by atoms with Crippen LogP contribution in [0.1, 0.15) is 0 Å². The Bertz CT molecular complexity index is 39.4. The standard InChI is InChI=1S/CN.2Fe.K.H/c1-2;;;;. The molecule has 0 unspecified atom stereocenters. The zero-order valence-electron chi connectivity index (χ0n) is 1.65. The zero-order valence-corrected chi connectivity index (χ0v) is 3.86. The molecule has 0 aliphatic heterocycles. The molecule has 0 saturated carbocycles. The average Bonchev–Trinajstić information content (AvgIpc) is 1.37. The molecule has 0 aromatic heterocycles. The van der Waals surface area contributed by atoms with Gasteiger partial charge < -0.3 is 0 Å². The molecule has 0 heterocycles. The van der Waals surface area contributed by atoms with E-state index < -0.39 is 0 Å². The second-order valence-corrected chi connectivity index (χ2v) is 1.39. The molecule has 0 spiro atoms. The van der Waals surface area contributed by atoms with Gasteiger partial charge in [0.2, 0.25) is 0 Å². The number of hydrogen-bond acceptors (Lipinski definition) is 1. The molecule has 0 aliphatic carbocycles. The topological polar surface area (TPSA) is 23.8 Å². The van der Waals surface area contributed by atoms with E-state index in [9.17, 15) is 0 Å². The third-order valence-corrected chi connectivity index (χ3v) is 0.475. The second kappa shape index (κ2) is 9.48. The summed E-state index contributed by atoms with van der Waals surface area (Å²) in [6.45, 7) is 0. The summed E-state index contributed by atoms with van der Waals surface area (Å²) < 4.78 is 0. The number of rotatable bonds is 0. The van der Waals surface area contributed by atoms with Gasteiger partial charge in [0, 0.05) is 0 Å². The van der Waals surface area contributed by atoms with Gasteiger partial charge in [-0.25, -0.2) is 0 Å². The van der Waals surface area contributed by atoms with Crippen molar-refractivity contribution < 1.29 is 27.3 Å². The summed E-state index contributed by atoms with van der Waals surface area (Å²) in [4.78, 5) is 1.82. The van der Waals surface area contributed by atoms with E-state index in [1.54, 1.807) is 0 Å². The predicted octanol–water partition coefficient (Wildman–Crippen LogP) is -0.637. The molecule has 0 amide bonds. The minimum atomic E-state index is 0. The Hall–Kier alpha value is 2.17. The van der Waals surface area contributed by atoms with Gasteiger partial charge in [0.1, 0.15) is 0 Å². The van der Waals surface area contributed by atoms with Gasteiger partial charge in [0.25, 0.3) is 0 Å². The molecule has 0 saturated heterocycles. The first kappa shape index (κ1) is 10.2. The number of nitrogens with zero attached hydrogens (tertiary/aromatic N) is 1. The van der Waals surface area contributed by atoms with Gasteiger partial charge in [0.15, 0.2) is 0 Å². The summed E-state index contributed by atoms with van der Waals surface area (Å²) in [6, 6.07) is 0. The first-order chi connectivity index (χ1) is 1.91. The van der Waals surface area contributed by atoms with Crippen molar-refractivity contribution >= 4 is 51.4 Å². The third kappa shape index (κ3) is 10.7. The maximum absolute atomic E-state index is 7.56. The molecule has 0 rings (SSSR count). The van der Waals surface area contributed by atoms with Gasteiger partial charge in [-0.2, -0.15) is 0 Å². The molecule has 0 atom stereocenters. The molecule has 27 valence electrons. The summed E-state index contributed by atoms with van der Waals surface area (Å²) in [5, 5.41) is 7.56. The van der Waals surface area contributed by atoms with E-state index in [0.717, 1.165) is 0 Å². The Kier molecular flexibility index (Phi) is 19.4. The molecule has 0 N–H and O–H groups in total. The molecule has 0 aromatic carbocycles. The molecular formula is CHFe2KN. The Labute approximate surface area is 86.8 Å². The van der Waals surface area contributed by atoms with Crippen LogP contribution >= 0.6 is 0 Å². The number of nitriles is 1. The van der Waals surface area contributed by atoms with Crippen LogP contribution in [0.4, 0.5) is 0 Å². The van der Waals surface area contributed by atoms with E-state index >= 15 is 0 Å². The minimum absolute atomic E-state index is 0. The first-order valence-corrected chi connectivity index (χ1v) is 3.08. The van der Waals surface area contributed by atoms with E-state index in [0.29, 0.717) is 13.1 Å². The fourth-order valence-corrected chi connectivity index (χ4v) is 0. The van der Waals surface area contributed by atoms with Crippen molar-refractivity contribution in [2.24, 2.45) is 0 Å². The molecule has 0 aromatic rings. The molecule has 0 radical (unpaired) electrons. The van der Waals surface area contributed by atoms with Crippen LogP contribution in [0.25, 0.3) is 0 Å². The van der Waals surface area contributed by atoms with E-state index in [-0.39, 0.29) is 51.4 Å². The monoisotopic (exact) mass is 178 g/mol. The van der Waals surface area contributed by atoms with Crippen molar-refractivity contribution in [2.75, 3.05) is 0 Å². The van der Waals surface area contributed by atoms with Crippen molar-refractivity contribution in [3.8, 4) is 4.97 Å². The molecule has 0 aliphatic rings. The summed E-state index contributed by atoms with van der Waals surface area (Å²) in [6.07, 6.45) is 0. The van der Waals surface area contributed by atoms with Crippen LogP contribution in [0.15, 0.2) is 0 Å². The SMILES string of the molecule is N#[C][Fe][Fe].[KH]. The summed E-state index contributed by atoms with van der Waals surface area (Å²) in [7, 11) is 0. The van der Waals surface area contributed by atoms with Crippen molar-refractivity contribution in [3.05, 3.63) is 0 Å². The quantitative estimate of drug-likeness (QED) is 0.452. The molecular weight excluding hydrogens is 177 g/mol. The zero-order chi connectivity index (χ0) is 3.41. The van der Waals surface area contributed by atoms with Gasteiger partial charge >= 0.3 is 88.9 Å². The average molecular weight is 178 g/mol. The van der Waals surface area contributed by atoms with Crippen LogP contribution in [0.5, 0.6) is 0 Å². The van der Waals surface area contributed by atoms with Crippen LogP contribution in [0.2, 0.25) is 0 Å². The Morgan fingerprint density at radius 3 is 2.00 bits per heavy atom. The fourth-order valence-electron chi connectivity index (χ4n) is 0. The first-order valence-electron chi connectivity index (χ1n) is 0.525. The second-order valence-electron chi connectivity index (χ2n) is 0.142. The van der Waals surface area contributed by atoms with Gasteiger partial charge in [-0.1, -0.05) is 0 Å². The van der Waals surface area contributed by atoms with Gasteiger partial charge in [-0.15, -0.1) is 0 Å². The molecule has 0 bridgehead atoms. The van der Waals surface area contributed by atoms with Crippen LogP contribution < -0.4 is 0 Å². The Balaban J connectivity index is 0. The summed E-state index contributed by atoms with van der Waals surface area (Å²) >= 11 is 3.62. The van der Waals surface area contributed by atoms with Crippen molar-refractivity contribution in [1.82, 2.24) is 0 Å². The van der Waals surface area contributed by atoms with Crippen molar-refractivity contribution in [2.45, 2.75) is 0 Å². The van der Waals surface area contributed by atoms with Crippen molar-refractivity contribution in [1.29, 1.82) is 5.26 Å². The van der Waals surface area contributed by atoms with Gasteiger partial charge in [-0.05, 0) is 0 Å². The Morgan fingerprint density at radius 1 is 1.80 bits per heavy atom. The van der Waals surface area contributed by atoms with E-state index in [4.69, 9.17) is 5.26 Å².